The molecule has 0 spiro atoms. The summed E-state index contributed by atoms with van der Waals surface area (Å²) in [6.07, 6.45) is -2.24. The number of carbonyl (C=O) groups excluding carboxylic acids is 1. The largest absolute Gasteiger partial charge is 0.424 e. The molecule has 172 valence electrons. The monoisotopic (exact) mass is 459 g/mol. The zero-order valence-electron chi connectivity index (χ0n) is 18.0. The van der Waals surface area contributed by atoms with E-state index in [1.165, 1.54) is 26.5 Å². The van der Waals surface area contributed by atoms with Crippen LogP contribution in [0.1, 0.15) is 47.5 Å². The van der Waals surface area contributed by atoms with Crippen molar-refractivity contribution in [2.24, 2.45) is 7.05 Å². The van der Waals surface area contributed by atoms with Crippen molar-refractivity contribution in [1.82, 2.24) is 29.2 Å². The van der Waals surface area contributed by atoms with Gasteiger partial charge in [-0.15, -0.1) is 0 Å². The Morgan fingerprint density at radius 3 is 2.58 bits per heavy atom. The van der Waals surface area contributed by atoms with E-state index in [1.807, 2.05) is 6.07 Å². The van der Waals surface area contributed by atoms with Crippen molar-refractivity contribution in [3.63, 3.8) is 0 Å². The summed E-state index contributed by atoms with van der Waals surface area (Å²) < 4.78 is 42.8. The number of aromatic nitrogens is 5. The number of aliphatic hydroxyl groups is 1. The predicted molar refractivity (Wildman–Crippen MR) is 108 cm³/mol. The predicted octanol–water partition coefficient (Wildman–Crippen LogP) is 2.54. The number of pyridine rings is 1. The minimum atomic E-state index is -4.90. The lowest BCUT2D eigenvalue weighted by molar-refractivity contribution is -0.263. The summed E-state index contributed by atoms with van der Waals surface area (Å²) in [4.78, 5) is 22.7. The highest BCUT2D eigenvalue weighted by Crippen LogP contribution is 2.40. The molecular weight excluding hydrogens is 439 g/mol. The molecule has 12 heteroatoms. The minimum absolute atomic E-state index is 0.0275. The molecule has 0 radical (unpaired) electrons. The second-order valence-corrected chi connectivity index (χ2v) is 8.13. The van der Waals surface area contributed by atoms with Crippen LogP contribution in [-0.2, 0) is 19.2 Å². The third-order valence-electron chi connectivity index (χ3n) is 5.68. The van der Waals surface area contributed by atoms with Crippen LogP contribution in [-0.4, -0.2) is 53.0 Å². The Bertz CT molecular complexity index is 1250. The van der Waals surface area contributed by atoms with Crippen LogP contribution in [0.2, 0.25) is 0 Å². The van der Waals surface area contributed by atoms with Gasteiger partial charge in [0.25, 0.3) is 5.91 Å². The molecule has 1 amide bonds. The molecule has 3 aromatic heterocycles. The fraction of sp³-hybridized carbons (Fsp3) is 0.381. The minimum Gasteiger partial charge on any atom is -0.374 e. The summed E-state index contributed by atoms with van der Waals surface area (Å²) in [5.41, 5.74) is -1.11. The summed E-state index contributed by atoms with van der Waals surface area (Å²) in [7, 11) is 1.61. The van der Waals surface area contributed by atoms with Gasteiger partial charge in [-0.3, -0.25) is 14.5 Å². The Balaban J connectivity index is 1.61. The summed E-state index contributed by atoms with van der Waals surface area (Å²) >= 11 is 0. The van der Waals surface area contributed by atoms with Crippen LogP contribution < -0.4 is 0 Å². The van der Waals surface area contributed by atoms with E-state index in [0.717, 1.165) is 0 Å². The number of amides is 1. The van der Waals surface area contributed by atoms with E-state index in [9.17, 15) is 23.1 Å². The van der Waals surface area contributed by atoms with Crippen LogP contribution in [0.3, 0.4) is 0 Å². The summed E-state index contributed by atoms with van der Waals surface area (Å²) in [6, 6.07) is 6.24. The molecule has 2 atom stereocenters. The lowest BCUT2D eigenvalue weighted by atomic mass is 10.0. The Morgan fingerprint density at radius 1 is 1.24 bits per heavy atom. The van der Waals surface area contributed by atoms with Crippen molar-refractivity contribution >= 4 is 5.91 Å². The van der Waals surface area contributed by atoms with Crippen LogP contribution >= 0.6 is 0 Å². The van der Waals surface area contributed by atoms with E-state index in [-0.39, 0.29) is 24.7 Å². The summed E-state index contributed by atoms with van der Waals surface area (Å²) in [5.74, 6) is -0.854. The molecule has 1 N–H and O–H groups in total. The maximum atomic E-state index is 13.4. The lowest BCUT2D eigenvalue weighted by Crippen LogP contribution is -2.45. The third-order valence-corrected chi connectivity index (χ3v) is 5.68. The molecule has 4 heterocycles. The molecule has 0 saturated carbocycles. The number of alkyl halides is 3. The third kappa shape index (κ3) is 3.74. The fourth-order valence-electron chi connectivity index (χ4n) is 3.87. The molecule has 0 fully saturated rings. The molecule has 1 aliphatic heterocycles. The van der Waals surface area contributed by atoms with E-state index in [0.29, 0.717) is 29.6 Å². The van der Waals surface area contributed by atoms with Gasteiger partial charge in [0.15, 0.2) is 5.82 Å². The molecule has 33 heavy (non-hydrogen) atoms. The molecule has 1 aliphatic rings. The fourth-order valence-corrected chi connectivity index (χ4v) is 3.87. The number of aryl methyl sites for hydroxylation is 1. The Morgan fingerprint density at radius 2 is 1.97 bits per heavy atom. The first kappa shape index (κ1) is 22.5. The molecule has 0 saturated heterocycles. The normalized spacial score (nSPS) is 17.9. The van der Waals surface area contributed by atoms with Crippen molar-refractivity contribution in [3.05, 3.63) is 53.4 Å². The maximum absolute atomic E-state index is 13.4. The van der Waals surface area contributed by atoms with E-state index in [4.69, 9.17) is 5.26 Å². The molecule has 4 rings (SSSR count). The standard InChI is InChI=1S/C21H20F3N7O2/c1-12-10-30(11-14-9-27-19(31(12)14)20(2,33)21(22,23)24)18(32)17-6-16(28-29(17)3)15-5-4-13(7-25)8-26-15/h4-6,8-9,12,33H,10-11H2,1-3H3/t12-,20?/m0/s1. The number of imidazole rings is 1. The van der Waals surface area contributed by atoms with E-state index in [2.05, 4.69) is 15.1 Å². The van der Waals surface area contributed by atoms with Gasteiger partial charge >= 0.3 is 6.18 Å². The zero-order chi connectivity index (χ0) is 24.1. The second kappa shape index (κ2) is 7.70. The topological polar surface area (TPSA) is 113 Å². The van der Waals surface area contributed by atoms with Crippen molar-refractivity contribution in [2.75, 3.05) is 6.54 Å². The smallest absolute Gasteiger partial charge is 0.374 e. The number of carbonyl (C=O) groups is 1. The average Bonchev–Trinajstić information content (AvgIpc) is 3.37. The zero-order valence-corrected chi connectivity index (χ0v) is 18.0. The highest BCUT2D eigenvalue weighted by atomic mass is 19.4. The summed E-state index contributed by atoms with van der Waals surface area (Å²) in [6.45, 7) is 2.48. The molecule has 0 bridgehead atoms. The molecule has 3 aromatic rings. The first-order valence-electron chi connectivity index (χ1n) is 9.99. The molecule has 0 aliphatic carbocycles. The second-order valence-electron chi connectivity index (χ2n) is 8.13. The number of hydrogen-bond acceptors (Lipinski definition) is 6. The first-order chi connectivity index (χ1) is 15.4. The van der Waals surface area contributed by atoms with Crippen LogP contribution in [0, 0.1) is 11.3 Å². The van der Waals surface area contributed by atoms with E-state index < -0.39 is 23.6 Å². The van der Waals surface area contributed by atoms with Gasteiger partial charge < -0.3 is 14.6 Å². The Hall–Kier alpha value is -3.72. The van der Waals surface area contributed by atoms with Gasteiger partial charge in [0, 0.05) is 19.8 Å². The van der Waals surface area contributed by atoms with Crippen molar-refractivity contribution in [1.29, 1.82) is 5.26 Å². The highest BCUT2D eigenvalue weighted by Gasteiger charge is 2.55. The van der Waals surface area contributed by atoms with Gasteiger partial charge in [0.2, 0.25) is 5.60 Å². The van der Waals surface area contributed by atoms with Crippen molar-refractivity contribution in [2.45, 2.75) is 38.2 Å². The van der Waals surface area contributed by atoms with Crippen molar-refractivity contribution < 1.29 is 23.1 Å². The SMILES string of the molecule is C[C@H]1CN(C(=O)c2cc(-c3ccc(C#N)cn3)nn2C)Cc2cnc(C(C)(O)C(F)(F)F)n21. The van der Waals surface area contributed by atoms with Crippen LogP contribution in [0.25, 0.3) is 11.4 Å². The van der Waals surface area contributed by atoms with E-state index in [1.54, 1.807) is 32.2 Å². The van der Waals surface area contributed by atoms with Gasteiger partial charge in [0.1, 0.15) is 17.5 Å². The first-order valence-corrected chi connectivity index (χ1v) is 9.99. The van der Waals surface area contributed by atoms with Gasteiger partial charge in [0.05, 0.1) is 35.7 Å². The molecule has 0 aromatic carbocycles. The number of nitriles is 1. The number of halogens is 3. The van der Waals surface area contributed by atoms with Gasteiger partial charge in [-0.25, -0.2) is 4.98 Å². The summed E-state index contributed by atoms with van der Waals surface area (Å²) in [5, 5.41) is 23.3. The van der Waals surface area contributed by atoms with E-state index >= 15 is 0 Å². The van der Waals surface area contributed by atoms with Gasteiger partial charge in [-0.2, -0.15) is 23.5 Å². The lowest BCUT2D eigenvalue weighted by Gasteiger charge is -2.36. The molecular formula is C21H20F3N7O2. The molecule has 9 nitrogen and oxygen atoms in total. The quantitative estimate of drug-likeness (QED) is 0.644. The Kier molecular flexibility index (Phi) is 5.24. The highest BCUT2D eigenvalue weighted by molar-refractivity contribution is 5.93. The van der Waals surface area contributed by atoms with Crippen molar-refractivity contribution in [3.8, 4) is 17.5 Å². The average molecular weight is 459 g/mol. The number of rotatable bonds is 3. The number of nitrogens with zero attached hydrogens (tertiary/aromatic N) is 7. The Labute approximate surface area is 186 Å². The number of hydrogen-bond donors (Lipinski definition) is 1. The van der Waals surface area contributed by atoms with Gasteiger partial charge in [-0.05, 0) is 32.0 Å². The van der Waals surface area contributed by atoms with Crippen LogP contribution in [0.15, 0.2) is 30.6 Å². The molecule has 1 unspecified atom stereocenters. The van der Waals surface area contributed by atoms with Crippen LogP contribution in [0.4, 0.5) is 13.2 Å². The number of fused-ring (bicyclic) bond motifs is 1. The van der Waals surface area contributed by atoms with Crippen LogP contribution in [0.5, 0.6) is 0 Å². The van der Waals surface area contributed by atoms with Gasteiger partial charge in [-0.1, -0.05) is 0 Å². The maximum Gasteiger partial charge on any atom is 0.424 e.